The van der Waals surface area contributed by atoms with Crippen molar-refractivity contribution >= 4 is 39.6 Å². The topological polar surface area (TPSA) is 96.4 Å². The monoisotopic (exact) mass is 541 g/mol. The molecule has 0 aliphatic carbocycles. The first-order valence-corrected chi connectivity index (χ1v) is 12.8. The van der Waals surface area contributed by atoms with E-state index in [0.717, 1.165) is 16.4 Å². The van der Waals surface area contributed by atoms with Crippen molar-refractivity contribution in [2.24, 2.45) is 0 Å². The summed E-state index contributed by atoms with van der Waals surface area (Å²) < 4.78 is 68.9. The lowest BCUT2D eigenvalue weighted by Gasteiger charge is -2.29. The lowest BCUT2D eigenvalue weighted by atomic mass is 9.94. The average molecular weight is 542 g/mol. The van der Waals surface area contributed by atoms with Gasteiger partial charge >= 0.3 is 6.18 Å². The summed E-state index contributed by atoms with van der Waals surface area (Å²) in [5.74, 6) is -0.882. The molecule has 1 aliphatic rings. The summed E-state index contributed by atoms with van der Waals surface area (Å²) in [7, 11) is -4.17. The summed E-state index contributed by atoms with van der Waals surface area (Å²) >= 11 is 0. The van der Waals surface area contributed by atoms with Crippen LogP contribution in [0.15, 0.2) is 89.1 Å². The molecule has 2 heterocycles. The number of ketones is 1. The minimum absolute atomic E-state index is 0.0819. The van der Waals surface area contributed by atoms with Crippen molar-refractivity contribution in [2.45, 2.75) is 18.0 Å². The highest BCUT2D eigenvalue weighted by molar-refractivity contribution is 7.89. The Morgan fingerprint density at radius 3 is 2.24 bits per heavy atom. The Labute approximate surface area is 217 Å². The fourth-order valence-corrected chi connectivity index (χ4v) is 5.37. The van der Waals surface area contributed by atoms with Crippen molar-refractivity contribution in [3.8, 4) is 0 Å². The van der Waals surface area contributed by atoms with Crippen LogP contribution >= 0.6 is 0 Å². The first kappa shape index (κ1) is 27.0. The fraction of sp³-hybridized carbons (Fsp3) is 0.148. The number of anilines is 1. The van der Waals surface area contributed by atoms with Crippen LogP contribution in [0, 0.1) is 0 Å². The molecule has 196 valence electrons. The molecule has 0 spiro atoms. The van der Waals surface area contributed by atoms with Crippen molar-refractivity contribution in [3.05, 3.63) is 101 Å². The van der Waals surface area contributed by atoms with E-state index in [1.54, 1.807) is 12.1 Å². The molecule has 1 aromatic heterocycles. The highest BCUT2D eigenvalue weighted by Gasteiger charge is 2.36. The van der Waals surface area contributed by atoms with Crippen LogP contribution in [-0.2, 0) is 25.8 Å². The number of pyridine rings is 1. The van der Waals surface area contributed by atoms with Crippen molar-refractivity contribution in [1.29, 1.82) is 0 Å². The second kappa shape index (κ2) is 10.7. The smallest absolute Gasteiger partial charge is 0.326 e. The van der Waals surface area contributed by atoms with E-state index in [2.05, 4.69) is 10.3 Å². The number of sulfonamides is 1. The molecule has 1 aliphatic heterocycles. The molecule has 1 N–H and O–H groups in total. The van der Waals surface area contributed by atoms with Gasteiger partial charge in [-0.1, -0.05) is 24.3 Å². The molecule has 0 atom stereocenters. The van der Waals surface area contributed by atoms with Gasteiger partial charge in [0.1, 0.15) is 0 Å². The zero-order chi connectivity index (χ0) is 27.5. The molecule has 1 fully saturated rings. The van der Waals surface area contributed by atoms with Crippen LogP contribution < -0.4 is 5.32 Å². The quantitative estimate of drug-likeness (QED) is 0.468. The van der Waals surface area contributed by atoms with Gasteiger partial charge in [0.2, 0.25) is 15.9 Å². The van der Waals surface area contributed by atoms with Gasteiger partial charge in [0, 0.05) is 49.2 Å². The maximum absolute atomic E-state index is 13.6. The molecule has 38 heavy (non-hydrogen) atoms. The molecular weight excluding hydrogens is 519 g/mol. The Kier molecular flexibility index (Phi) is 7.61. The third-order valence-corrected chi connectivity index (χ3v) is 7.52. The summed E-state index contributed by atoms with van der Waals surface area (Å²) in [6.07, 6.45) is 0.910. The first-order chi connectivity index (χ1) is 17.9. The van der Waals surface area contributed by atoms with E-state index in [-0.39, 0.29) is 34.1 Å². The Balaban J connectivity index is 1.78. The molecular formula is C27H22F3N3O4S. The van der Waals surface area contributed by atoms with Gasteiger partial charge in [-0.15, -0.1) is 0 Å². The average Bonchev–Trinajstić information content (AvgIpc) is 2.86. The van der Waals surface area contributed by atoms with Crippen LogP contribution in [0.4, 0.5) is 18.9 Å². The van der Waals surface area contributed by atoms with Gasteiger partial charge in [-0.25, -0.2) is 8.42 Å². The molecule has 0 unspecified atom stereocenters. The highest BCUT2D eigenvalue weighted by Crippen LogP contribution is 2.34. The van der Waals surface area contributed by atoms with Gasteiger partial charge in [-0.05, 0) is 59.7 Å². The van der Waals surface area contributed by atoms with Gasteiger partial charge in [0.25, 0.3) is 0 Å². The number of nitrogens with zero attached hydrogens (tertiary/aromatic N) is 2. The number of aromatic nitrogens is 1. The second-order valence-corrected chi connectivity index (χ2v) is 10.5. The van der Waals surface area contributed by atoms with Crippen LogP contribution in [0.3, 0.4) is 0 Å². The number of carbonyl (C=O) groups excluding carboxylic acids is 2. The molecule has 1 saturated heterocycles. The van der Waals surface area contributed by atoms with Gasteiger partial charge in [-0.3, -0.25) is 14.6 Å². The molecule has 0 saturated carbocycles. The molecule has 0 radical (unpaired) electrons. The van der Waals surface area contributed by atoms with Gasteiger partial charge in [-0.2, -0.15) is 17.5 Å². The Hall–Kier alpha value is -4.09. The van der Waals surface area contributed by atoms with Crippen LogP contribution in [0.2, 0.25) is 0 Å². The minimum atomic E-state index is -4.67. The largest absolute Gasteiger partial charge is 0.416 e. The molecule has 11 heteroatoms. The molecule has 2 aromatic carbocycles. The van der Waals surface area contributed by atoms with Crippen LogP contribution in [0.25, 0.3) is 12.2 Å². The summed E-state index contributed by atoms with van der Waals surface area (Å²) in [6, 6.07) is 13.5. The number of amides is 1. The normalized spacial score (nSPS) is 17.1. The Morgan fingerprint density at radius 2 is 1.63 bits per heavy atom. The van der Waals surface area contributed by atoms with Crippen molar-refractivity contribution in [2.75, 3.05) is 18.4 Å². The van der Waals surface area contributed by atoms with E-state index in [4.69, 9.17) is 0 Å². The zero-order valence-electron chi connectivity index (χ0n) is 20.1. The summed E-state index contributed by atoms with van der Waals surface area (Å²) in [5.41, 5.74) is -0.286. The SMILES string of the molecule is CC(=O)Nc1ccc(S(=O)(=O)N2C/C(=C\c3cccnc3)C(=O)/C(=C/c3ccccc3C(F)(F)F)C2)cc1. The number of piperidine rings is 1. The summed E-state index contributed by atoms with van der Waals surface area (Å²) in [5, 5.41) is 2.55. The first-order valence-electron chi connectivity index (χ1n) is 11.3. The molecule has 3 aromatic rings. The Bertz CT molecular complexity index is 1530. The summed E-state index contributed by atoms with van der Waals surface area (Å²) in [4.78, 5) is 28.5. The Morgan fingerprint density at radius 1 is 0.974 bits per heavy atom. The van der Waals surface area contributed by atoms with Crippen LogP contribution in [0.5, 0.6) is 0 Å². The number of benzene rings is 2. The van der Waals surface area contributed by atoms with Crippen molar-refractivity contribution in [1.82, 2.24) is 9.29 Å². The number of Topliss-reactive ketones (excluding diaryl/α,β-unsaturated/α-hetero) is 1. The van der Waals surface area contributed by atoms with Crippen molar-refractivity contribution in [3.63, 3.8) is 0 Å². The van der Waals surface area contributed by atoms with Gasteiger partial charge < -0.3 is 5.32 Å². The number of alkyl halides is 3. The second-order valence-electron chi connectivity index (χ2n) is 8.52. The predicted octanol–water partition coefficient (Wildman–Crippen LogP) is 4.80. The highest BCUT2D eigenvalue weighted by atomic mass is 32.2. The lowest BCUT2D eigenvalue weighted by Crippen LogP contribution is -2.41. The summed E-state index contributed by atoms with van der Waals surface area (Å²) in [6.45, 7) is 0.600. The number of hydrogen-bond donors (Lipinski definition) is 1. The number of hydrogen-bond acceptors (Lipinski definition) is 5. The molecule has 1 amide bonds. The van der Waals surface area contributed by atoms with Crippen LogP contribution in [-0.4, -0.2) is 42.5 Å². The minimum Gasteiger partial charge on any atom is -0.326 e. The predicted molar refractivity (Wildman–Crippen MR) is 136 cm³/mol. The number of halogens is 3. The molecule has 4 rings (SSSR count). The standard InChI is InChI=1S/C27H22F3N3O4S/c1-18(34)32-23-8-10-24(11-9-23)38(36,37)33-16-21(13-19-5-4-12-31-15-19)26(35)22(17-33)14-20-6-2-3-7-25(20)27(28,29)30/h2-15H,16-17H2,1H3,(H,32,34)/b21-13+,22-14+. The number of rotatable bonds is 5. The third kappa shape index (κ3) is 6.06. The lowest BCUT2D eigenvalue weighted by molar-refractivity contribution is -0.137. The third-order valence-electron chi connectivity index (χ3n) is 5.71. The van der Waals surface area contributed by atoms with Crippen molar-refractivity contribution < 1.29 is 31.2 Å². The van der Waals surface area contributed by atoms with E-state index < -0.39 is 34.1 Å². The van der Waals surface area contributed by atoms with E-state index in [0.29, 0.717) is 11.3 Å². The van der Waals surface area contributed by atoms with E-state index >= 15 is 0 Å². The number of carbonyl (C=O) groups is 2. The molecule has 0 bridgehead atoms. The van der Waals surface area contributed by atoms with E-state index in [9.17, 15) is 31.2 Å². The van der Waals surface area contributed by atoms with E-state index in [1.165, 1.54) is 67.9 Å². The van der Waals surface area contributed by atoms with E-state index in [1.807, 2.05) is 0 Å². The van der Waals surface area contributed by atoms with Gasteiger partial charge in [0.15, 0.2) is 5.78 Å². The maximum atomic E-state index is 13.6. The van der Waals surface area contributed by atoms with Gasteiger partial charge in [0.05, 0.1) is 10.5 Å². The van der Waals surface area contributed by atoms with Crippen LogP contribution in [0.1, 0.15) is 23.6 Å². The number of nitrogens with one attached hydrogen (secondary N) is 1. The molecule has 7 nitrogen and oxygen atoms in total. The maximum Gasteiger partial charge on any atom is 0.416 e. The fourth-order valence-electron chi connectivity index (χ4n) is 3.97. The zero-order valence-corrected chi connectivity index (χ0v) is 20.9.